The van der Waals surface area contributed by atoms with Gasteiger partial charge in [0.1, 0.15) is 5.75 Å². The molecule has 1 aromatic carbocycles. The van der Waals surface area contributed by atoms with Crippen LogP contribution in [-0.4, -0.2) is 51.5 Å². The van der Waals surface area contributed by atoms with Crippen molar-refractivity contribution in [1.29, 1.82) is 0 Å². The summed E-state index contributed by atoms with van der Waals surface area (Å²) in [5, 5.41) is 32.2. The van der Waals surface area contributed by atoms with Crippen LogP contribution >= 0.6 is 0 Å². The van der Waals surface area contributed by atoms with E-state index in [1.54, 1.807) is 17.0 Å². The van der Waals surface area contributed by atoms with Crippen molar-refractivity contribution < 1.29 is 20.1 Å². The number of carbonyl (C=O) groups is 1. The zero-order valence-corrected chi connectivity index (χ0v) is 13.5. The average molecular weight is 322 g/mol. The Morgan fingerprint density at radius 1 is 1.35 bits per heavy atom. The quantitative estimate of drug-likeness (QED) is 0.664. The van der Waals surface area contributed by atoms with E-state index in [-0.39, 0.29) is 30.5 Å². The fourth-order valence-electron chi connectivity index (χ4n) is 2.89. The van der Waals surface area contributed by atoms with Crippen LogP contribution in [0, 0.1) is 0 Å². The molecule has 23 heavy (non-hydrogen) atoms. The van der Waals surface area contributed by atoms with Crippen LogP contribution in [0.4, 0.5) is 4.79 Å². The van der Waals surface area contributed by atoms with Crippen molar-refractivity contribution in [3.63, 3.8) is 0 Å². The van der Waals surface area contributed by atoms with Gasteiger partial charge in [0.2, 0.25) is 0 Å². The third-order valence-corrected chi connectivity index (χ3v) is 4.34. The number of benzene rings is 1. The molecule has 2 amide bonds. The number of nitrogens with zero attached hydrogens (tertiary/aromatic N) is 1. The van der Waals surface area contributed by atoms with Crippen LogP contribution < -0.4 is 5.32 Å². The summed E-state index contributed by atoms with van der Waals surface area (Å²) in [5.74, 6) is 0.0924. The lowest BCUT2D eigenvalue weighted by atomic mass is 9.93. The molecule has 2 rings (SSSR count). The SMILES string of the molecule is CCN(C[C@H](O)c1cccc(O)c1)C(=O)NC1CCC(O)CC1. The first-order chi connectivity index (χ1) is 11.0. The highest BCUT2D eigenvalue weighted by Crippen LogP contribution is 2.20. The van der Waals surface area contributed by atoms with Crippen LogP contribution in [0.15, 0.2) is 24.3 Å². The summed E-state index contributed by atoms with van der Waals surface area (Å²) in [6.45, 7) is 2.51. The standard InChI is InChI=1S/C17H26N2O4/c1-2-19(11-16(22)12-4-3-5-15(21)10-12)17(23)18-13-6-8-14(20)9-7-13/h3-5,10,13-14,16,20-22H,2,6-9,11H2,1H3,(H,18,23)/t13?,14?,16-/m0/s1. The Hall–Kier alpha value is -1.79. The van der Waals surface area contributed by atoms with E-state index in [0.29, 0.717) is 24.9 Å². The number of likely N-dealkylation sites (N-methyl/N-ethyl adjacent to an activating group) is 1. The summed E-state index contributed by atoms with van der Waals surface area (Å²) < 4.78 is 0. The number of rotatable bonds is 5. The Labute approximate surface area is 136 Å². The summed E-state index contributed by atoms with van der Waals surface area (Å²) in [6, 6.07) is 6.30. The Morgan fingerprint density at radius 2 is 2.04 bits per heavy atom. The van der Waals surface area contributed by atoms with Gasteiger partial charge in [0.25, 0.3) is 0 Å². The van der Waals surface area contributed by atoms with Gasteiger partial charge in [-0.15, -0.1) is 0 Å². The number of hydrogen-bond donors (Lipinski definition) is 4. The van der Waals surface area contributed by atoms with Gasteiger partial charge in [-0.05, 0) is 50.3 Å². The minimum Gasteiger partial charge on any atom is -0.508 e. The Morgan fingerprint density at radius 3 is 2.65 bits per heavy atom. The topological polar surface area (TPSA) is 93.0 Å². The van der Waals surface area contributed by atoms with Crippen LogP contribution in [-0.2, 0) is 0 Å². The maximum Gasteiger partial charge on any atom is 0.317 e. The Balaban J connectivity index is 1.89. The van der Waals surface area contributed by atoms with E-state index in [2.05, 4.69) is 5.32 Å². The zero-order chi connectivity index (χ0) is 16.8. The molecule has 0 bridgehead atoms. The number of hydrogen-bond acceptors (Lipinski definition) is 4. The van der Waals surface area contributed by atoms with E-state index in [1.807, 2.05) is 6.92 Å². The first-order valence-corrected chi connectivity index (χ1v) is 8.20. The van der Waals surface area contributed by atoms with Crippen LogP contribution in [0.3, 0.4) is 0 Å². The molecule has 0 radical (unpaired) electrons. The molecule has 128 valence electrons. The number of aromatic hydroxyl groups is 1. The molecule has 0 spiro atoms. The Kier molecular flexibility index (Phi) is 6.24. The van der Waals surface area contributed by atoms with Crippen LogP contribution in [0.25, 0.3) is 0 Å². The lowest BCUT2D eigenvalue weighted by Gasteiger charge is -2.30. The monoisotopic (exact) mass is 322 g/mol. The number of phenolic OH excluding ortho intramolecular Hbond substituents is 1. The highest BCUT2D eigenvalue weighted by molar-refractivity contribution is 5.74. The molecule has 1 aliphatic carbocycles. The molecular formula is C17H26N2O4. The van der Waals surface area contributed by atoms with E-state index < -0.39 is 6.10 Å². The van der Waals surface area contributed by atoms with Gasteiger partial charge in [-0.3, -0.25) is 0 Å². The fraction of sp³-hybridized carbons (Fsp3) is 0.588. The van der Waals surface area contributed by atoms with Gasteiger partial charge >= 0.3 is 6.03 Å². The minimum atomic E-state index is -0.846. The third kappa shape index (κ3) is 5.11. The number of carbonyl (C=O) groups excluding carboxylic acids is 1. The van der Waals surface area contributed by atoms with E-state index in [1.165, 1.54) is 12.1 Å². The molecule has 0 aliphatic heterocycles. The molecule has 6 heteroatoms. The van der Waals surface area contributed by atoms with Gasteiger partial charge in [0.05, 0.1) is 18.8 Å². The number of urea groups is 1. The molecule has 0 heterocycles. The average Bonchev–Trinajstić information content (AvgIpc) is 2.54. The number of nitrogens with one attached hydrogen (secondary N) is 1. The second-order valence-electron chi connectivity index (χ2n) is 6.10. The lowest BCUT2D eigenvalue weighted by molar-refractivity contribution is 0.107. The largest absolute Gasteiger partial charge is 0.508 e. The second-order valence-corrected chi connectivity index (χ2v) is 6.10. The van der Waals surface area contributed by atoms with E-state index in [4.69, 9.17) is 0 Å². The van der Waals surface area contributed by atoms with Crippen molar-refractivity contribution in [2.75, 3.05) is 13.1 Å². The predicted octanol–water partition coefficient (Wildman–Crippen LogP) is 1.76. The van der Waals surface area contributed by atoms with E-state index >= 15 is 0 Å². The molecule has 1 fully saturated rings. The molecule has 1 aliphatic rings. The molecule has 0 unspecified atom stereocenters. The summed E-state index contributed by atoms with van der Waals surface area (Å²) >= 11 is 0. The number of phenols is 1. The minimum absolute atomic E-state index is 0.0814. The molecule has 1 saturated carbocycles. The molecule has 4 N–H and O–H groups in total. The normalized spacial score (nSPS) is 22.4. The van der Waals surface area contributed by atoms with Crippen molar-refractivity contribution >= 4 is 6.03 Å². The van der Waals surface area contributed by atoms with Crippen molar-refractivity contribution in [3.8, 4) is 5.75 Å². The smallest absolute Gasteiger partial charge is 0.317 e. The van der Waals surface area contributed by atoms with Crippen molar-refractivity contribution in [2.45, 2.75) is 50.9 Å². The van der Waals surface area contributed by atoms with Gasteiger partial charge in [0, 0.05) is 12.6 Å². The van der Waals surface area contributed by atoms with Gasteiger partial charge in [-0.2, -0.15) is 0 Å². The highest BCUT2D eigenvalue weighted by Gasteiger charge is 2.24. The first-order valence-electron chi connectivity index (χ1n) is 8.20. The molecule has 1 aromatic rings. The van der Waals surface area contributed by atoms with Crippen molar-refractivity contribution in [3.05, 3.63) is 29.8 Å². The van der Waals surface area contributed by atoms with E-state index in [9.17, 15) is 20.1 Å². The fourth-order valence-corrected chi connectivity index (χ4v) is 2.89. The lowest BCUT2D eigenvalue weighted by Crippen LogP contribution is -2.47. The van der Waals surface area contributed by atoms with Crippen molar-refractivity contribution in [2.24, 2.45) is 0 Å². The maximum atomic E-state index is 12.3. The summed E-state index contributed by atoms with van der Waals surface area (Å²) in [4.78, 5) is 13.9. The number of aliphatic hydroxyl groups excluding tert-OH is 2. The molecular weight excluding hydrogens is 296 g/mol. The van der Waals surface area contributed by atoms with Gasteiger partial charge < -0.3 is 25.5 Å². The third-order valence-electron chi connectivity index (χ3n) is 4.34. The van der Waals surface area contributed by atoms with Gasteiger partial charge in [-0.25, -0.2) is 4.79 Å². The summed E-state index contributed by atoms with van der Waals surface area (Å²) in [6.07, 6.45) is 1.88. The Bertz CT molecular complexity index is 515. The number of aliphatic hydroxyl groups is 2. The summed E-state index contributed by atoms with van der Waals surface area (Å²) in [5.41, 5.74) is 0.581. The molecule has 0 aromatic heterocycles. The number of amides is 2. The van der Waals surface area contributed by atoms with Crippen molar-refractivity contribution in [1.82, 2.24) is 10.2 Å². The second kappa shape index (κ2) is 8.17. The van der Waals surface area contributed by atoms with Gasteiger partial charge in [0.15, 0.2) is 0 Å². The zero-order valence-electron chi connectivity index (χ0n) is 13.5. The van der Waals surface area contributed by atoms with Crippen LogP contribution in [0.2, 0.25) is 0 Å². The first kappa shape index (κ1) is 17.6. The molecule has 6 nitrogen and oxygen atoms in total. The maximum absolute atomic E-state index is 12.3. The van der Waals surface area contributed by atoms with E-state index in [0.717, 1.165) is 12.8 Å². The van der Waals surface area contributed by atoms with Gasteiger partial charge in [-0.1, -0.05) is 12.1 Å². The predicted molar refractivity (Wildman–Crippen MR) is 87.1 cm³/mol. The van der Waals surface area contributed by atoms with Crippen LogP contribution in [0.1, 0.15) is 44.3 Å². The summed E-state index contributed by atoms with van der Waals surface area (Å²) in [7, 11) is 0. The van der Waals surface area contributed by atoms with Crippen LogP contribution in [0.5, 0.6) is 5.75 Å². The molecule has 0 saturated heterocycles. The highest BCUT2D eigenvalue weighted by atomic mass is 16.3. The molecule has 1 atom stereocenters.